The minimum atomic E-state index is -0.558. The van der Waals surface area contributed by atoms with Gasteiger partial charge in [0.15, 0.2) is 0 Å². The molecular formula is C20H16FN3O2S. The zero-order valence-corrected chi connectivity index (χ0v) is 15.3. The number of benzene rings is 2. The van der Waals surface area contributed by atoms with Crippen molar-refractivity contribution in [2.24, 2.45) is 0 Å². The van der Waals surface area contributed by atoms with E-state index in [0.717, 1.165) is 17.3 Å². The van der Waals surface area contributed by atoms with Gasteiger partial charge in [0.25, 0.3) is 5.91 Å². The van der Waals surface area contributed by atoms with Gasteiger partial charge in [0.05, 0.1) is 5.25 Å². The molecule has 0 spiro atoms. The molecular weight excluding hydrogens is 365 g/mol. The Hall–Kier alpha value is -3.11. The largest absolute Gasteiger partial charge is 0.347 e. The number of hydrogen-bond acceptors (Lipinski definition) is 4. The van der Waals surface area contributed by atoms with Crippen LogP contribution < -0.4 is 10.2 Å². The van der Waals surface area contributed by atoms with E-state index < -0.39 is 17.0 Å². The lowest BCUT2D eigenvalue weighted by atomic mass is 10.2. The molecule has 1 aliphatic rings. The van der Waals surface area contributed by atoms with Crippen molar-refractivity contribution >= 4 is 29.3 Å². The number of anilines is 1. The molecule has 0 saturated carbocycles. The summed E-state index contributed by atoms with van der Waals surface area (Å²) in [4.78, 5) is 26.4. The van der Waals surface area contributed by atoms with Crippen LogP contribution in [0.3, 0.4) is 0 Å². The number of nitrogens with one attached hydrogen (secondary N) is 1. The maximum atomic E-state index is 13.2. The van der Waals surface area contributed by atoms with Crippen LogP contribution in [-0.2, 0) is 16.1 Å². The van der Waals surface area contributed by atoms with Crippen LogP contribution in [0.25, 0.3) is 0 Å². The van der Waals surface area contributed by atoms with Crippen molar-refractivity contribution in [3.05, 3.63) is 76.6 Å². The molecule has 1 fully saturated rings. The molecule has 2 aromatic rings. The molecule has 1 atom stereocenters. The molecule has 0 aliphatic carbocycles. The molecule has 3 rings (SSSR count). The van der Waals surface area contributed by atoms with Gasteiger partial charge in [-0.2, -0.15) is 5.26 Å². The van der Waals surface area contributed by atoms with Gasteiger partial charge < -0.3 is 5.32 Å². The Kier molecular flexibility index (Phi) is 5.57. The van der Waals surface area contributed by atoms with Crippen LogP contribution in [0, 0.1) is 17.1 Å². The van der Waals surface area contributed by atoms with E-state index in [0.29, 0.717) is 5.69 Å². The van der Waals surface area contributed by atoms with Gasteiger partial charge in [0.2, 0.25) is 5.91 Å². The molecule has 1 aliphatic heterocycles. The fourth-order valence-corrected chi connectivity index (χ4v) is 3.72. The van der Waals surface area contributed by atoms with Gasteiger partial charge in [0, 0.05) is 12.2 Å². The van der Waals surface area contributed by atoms with Crippen molar-refractivity contribution < 1.29 is 14.0 Å². The van der Waals surface area contributed by atoms with Gasteiger partial charge in [0.1, 0.15) is 22.5 Å². The zero-order valence-electron chi connectivity index (χ0n) is 14.5. The molecule has 5 nitrogen and oxygen atoms in total. The first kappa shape index (κ1) is 18.7. The second kappa shape index (κ2) is 8.06. The number of carbonyl (C=O) groups excluding carboxylic acids is 2. The summed E-state index contributed by atoms with van der Waals surface area (Å²) in [6.07, 6.45) is 0. The lowest BCUT2D eigenvalue weighted by molar-refractivity contribution is -0.117. The number of nitrogens with zero attached hydrogens (tertiary/aromatic N) is 2. The molecule has 136 valence electrons. The molecule has 0 radical (unpaired) electrons. The Morgan fingerprint density at radius 1 is 1.22 bits per heavy atom. The quantitative estimate of drug-likeness (QED) is 0.651. The maximum Gasteiger partial charge on any atom is 0.264 e. The molecule has 1 unspecified atom stereocenters. The normalized spacial score (nSPS) is 18.2. The number of nitriles is 1. The monoisotopic (exact) mass is 381 g/mol. The third-order valence-electron chi connectivity index (χ3n) is 3.99. The first-order valence-corrected chi connectivity index (χ1v) is 9.12. The minimum Gasteiger partial charge on any atom is -0.347 e. The van der Waals surface area contributed by atoms with Crippen LogP contribution in [-0.4, -0.2) is 17.1 Å². The summed E-state index contributed by atoms with van der Waals surface area (Å²) in [7, 11) is 0. The second-order valence-electron chi connectivity index (χ2n) is 5.87. The first-order chi connectivity index (χ1) is 13.0. The molecule has 1 N–H and O–H groups in total. The molecule has 7 heteroatoms. The maximum absolute atomic E-state index is 13.2. The molecule has 27 heavy (non-hydrogen) atoms. The van der Waals surface area contributed by atoms with E-state index in [4.69, 9.17) is 0 Å². The predicted octanol–water partition coefficient (Wildman–Crippen LogP) is 3.35. The predicted molar refractivity (Wildman–Crippen MR) is 102 cm³/mol. The highest BCUT2D eigenvalue weighted by atomic mass is 32.2. The van der Waals surface area contributed by atoms with Crippen LogP contribution in [0.1, 0.15) is 12.5 Å². The van der Waals surface area contributed by atoms with Gasteiger partial charge >= 0.3 is 0 Å². The van der Waals surface area contributed by atoms with Gasteiger partial charge in [-0.15, -0.1) is 0 Å². The van der Waals surface area contributed by atoms with E-state index >= 15 is 0 Å². The highest BCUT2D eigenvalue weighted by Gasteiger charge is 2.38. The first-order valence-electron chi connectivity index (χ1n) is 8.24. The standard InChI is InChI=1S/C20H16FN3O2S/c1-13-19(26)24(16-9-7-15(21)8-10-16)20(27-13)17(11-22)18(25)23-12-14-5-3-2-4-6-14/h2-10,13H,12H2,1H3,(H,23,25)/b20-17+. The van der Waals surface area contributed by atoms with Crippen LogP contribution in [0.5, 0.6) is 0 Å². The van der Waals surface area contributed by atoms with Crippen molar-refractivity contribution in [1.82, 2.24) is 5.32 Å². The summed E-state index contributed by atoms with van der Waals surface area (Å²) in [5.41, 5.74) is 1.17. The summed E-state index contributed by atoms with van der Waals surface area (Å²) in [5, 5.41) is 12.1. The Morgan fingerprint density at radius 2 is 1.89 bits per heavy atom. The molecule has 0 bridgehead atoms. The lowest BCUT2D eigenvalue weighted by Gasteiger charge is -2.18. The molecule has 0 aromatic heterocycles. The van der Waals surface area contributed by atoms with E-state index in [2.05, 4.69) is 5.32 Å². The molecule has 1 saturated heterocycles. The van der Waals surface area contributed by atoms with Gasteiger partial charge in [-0.1, -0.05) is 42.1 Å². The van der Waals surface area contributed by atoms with E-state index in [9.17, 15) is 19.2 Å². The Bertz CT molecular complexity index is 936. The van der Waals surface area contributed by atoms with Crippen LogP contribution >= 0.6 is 11.8 Å². The number of amides is 2. The fourth-order valence-electron chi connectivity index (χ4n) is 2.62. The number of carbonyl (C=O) groups is 2. The lowest BCUT2D eigenvalue weighted by Crippen LogP contribution is -2.30. The van der Waals surface area contributed by atoms with Crippen molar-refractivity contribution in [2.75, 3.05) is 4.90 Å². The van der Waals surface area contributed by atoms with Crippen molar-refractivity contribution in [1.29, 1.82) is 5.26 Å². The zero-order chi connectivity index (χ0) is 19.4. The highest BCUT2D eigenvalue weighted by molar-refractivity contribution is 8.05. The average Bonchev–Trinajstić information content (AvgIpc) is 2.97. The number of thioether (sulfide) groups is 1. The van der Waals surface area contributed by atoms with E-state index in [1.807, 2.05) is 36.4 Å². The van der Waals surface area contributed by atoms with E-state index in [1.165, 1.54) is 29.2 Å². The van der Waals surface area contributed by atoms with Gasteiger partial charge in [-0.05, 0) is 36.8 Å². The van der Waals surface area contributed by atoms with Crippen LogP contribution in [0.2, 0.25) is 0 Å². The highest BCUT2D eigenvalue weighted by Crippen LogP contribution is 2.40. The number of rotatable bonds is 4. The summed E-state index contributed by atoms with van der Waals surface area (Å²) in [6.45, 7) is 1.97. The van der Waals surface area contributed by atoms with Crippen molar-refractivity contribution in [2.45, 2.75) is 18.7 Å². The SMILES string of the molecule is CC1S/C(=C(\C#N)C(=O)NCc2ccccc2)N(c2ccc(F)cc2)C1=O. The van der Waals surface area contributed by atoms with Gasteiger partial charge in [-0.3, -0.25) is 14.5 Å². The average molecular weight is 381 g/mol. The Balaban J connectivity index is 1.91. The topological polar surface area (TPSA) is 73.2 Å². The molecule has 2 aromatic carbocycles. The van der Waals surface area contributed by atoms with E-state index in [1.54, 1.807) is 6.92 Å². The summed E-state index contributed by atoms with van der Waals surface area (Å²) in [6, 6.07) is 16.6. The smallest absolute Gasteiger partial charge is 0.264 e. The number of hydrogen-bond donors (Lipinski definition) is 1. The second-order valence-corrected chi connectivity index (χ2v) is 7.20. The third-order valence-corrected chi connectivity index (χ3v) is 5.16. The third kappa shape index (κ3) is 4.01. The van der Waals surface area contributed by atoms with Crippen LogP contribution in [0.15, 0.2) is 65.2 Å². The fraction of sp³-hybridized carbons (Fsp3) is 0.150. The summed E-state index contributed by atoms with van der Waals surface area (Å²) < 4.78 is 13.2. The van der Waals surface area contributed by atoms with Crippen LogP contribution in [0.4, 0.5) is 10.1 Å². The summed E-state index contributed by atoms with van der Waals surface area (Å²) in [5.74, 6) is -1.25. The molecule has 2 amide bonds. The molecule has 1 heterocycles. The number of halogens is 1. The Morgan fingerprint density at radius 3 is 2.52 bits per heavy atom. The van der Waals surface area contributed by atoms with Crippen molar-refractivity contribution in [3.63, 3.8) is 0 Å². The van der Waals surface area contributed by atoms with Crippen molar-refractivity contribution in [3.8, 4) is 6.07 Å². The minimum absolute atomic E-state index is 0.141. The summed E-state index contributed by atoms with van der Waals surface area (Å²) >= 11 is 1.14. The Labute approximate surface area is 160 Å². The van der Waals surface area contributed by atoms with E-state index in [-0.39, 0.29) is 23.1 Å². The van der Waals surface area contributed by atoms with Gasteiger partial charge in [-0.25, -0.2) is 4.39 Å².